The van der Waals surface area contributed by atoms with Crippen molar-refractivity contribution >= 4 is 5.69 Å². The highest BCUT2D eigenvalue weighted by Gasteiger charge is 2.30. The fourth-order valence-electron chi connectivity index (χ4n) is 3.47. The second-order valence-electron chi connectivity index (χ2n) is 7.50. The van der Waals surface area contributed by atoms with Crippen LogP contribution in [0.25, 0.3) is 22.5 Å². The van der Waals surface area contributed by atoms with E-state index in [0.717, 1.165) is 28.2 Å². The maximum Gasteiger partial charge on any atom is 0.121 e. The first kappa shape index (κ1) is 16.8. The van der Waals surface area contributed by atoms with Gasteiger partial charge < -0.3 is 0 Å². The van der Waals surface area contributed by atoms with E-state index in [1.54, 1.807) is 0 Å². The zero-order valence-corrected chi connectivity index (χ0v) is 15.7. The highest BCUT2D eigenvalue weighted by atomic mass is 16.7. The van der Waals surface area contributed by atoms with Crippen LogP contribution in [0.3, 0.4) is 0 Å². The quantitative estimate of drug-likeness (QED) is 0.677. The van der Waals surface area contributed by atoms with E-state index in [9.17, 15) is 0 Å². The summed E-state index contributed by atoms with van der Waals surface area (Å²) < 4.78 is 2.02. The molecule has 0 saturated carbocycles. The first-order chi connectivity index (χ1) is 12.5. The van der Waals surface area contributed by atoms with Gasteiger partial charge in [0, 0.05) is 11.1 Å². The Morgan fingerprint density at radius 2 is 1.69 bits per heavy atom. The molecule has 0 aliphatic carbocycles. The van der Waals surface area contributed by atoms with Gasteiger partial charge in [0.15, 0.2) is 0 Å². The molecule has 0 N–H and O–H groups in total. The molecule has 2 aromatic carbocycles. The Kier molecular flexibility index (Phi) is 4.04. The lowest BCUT2D eigenvalue weighted by Crippen LogP contribution is -2.27. The van der Waals surface area contributed by atoms with Gasteiger partial charge in [0.2, 0.25) is 0 Å². The second-order valence-corrected chi connectivity index (χ2v) is 7.50. The maximum atomic E-state index is 6.00. The van der Waals surface area contributed by atoms with E-state index in [1.165, 1.54) is 5.56 Å². The second kappa shape index (κ2) is 6.25. The van der Waals surface area contributed by atoms with E-state index in [-0.39, 0.29) is 5.54 Å². The molecule has 0 amide bonds. The fraction of sp³-hybridized carbons (Fsp3) is 0.333. The van der Waals surface area contributed by atoms with E-state index in [1.807, 2.05) is 22.7 Å². The van der Waals surface area contributed by atoms with E-state index in [0.29, 0.717) is 13.2 Å². The van der Waals surface area contributed by atoms with Gasteiger partial charge in [0.05, 0.1) is 30.1 Å². The van der Waals surface area contributed by atoms with Crippen molar-refractivity contribution < 1.29 is 4.84 Å². The molecule has 134 valence electrons. The first-order valence-corrected chi connectivity index (χ1v) is 9.05. The standard InChI is InChI=1S/C21H24N4O/c1-5-26-24-14-15-10-6-7-11-16(15)19-20(17-12-8-9-13-18(17)24)25(23-22-19)21(2,3)4/h6-13H,5,14H2,1-4H3. The smallest absolute Gasteiger partial charge is 0.121 e. The zero-order chi connectivity index (χ0) is 18.3. The molecule has 1 aromatic heterocycles. The molecule has 0 spiro atoms. The summed E-state index contributed by atoms with van der Waals surface area (Å²) in [7, 11) is 0. The first-order valence-electron chi connectivity index (χ1n) is 9.05. The van der Waals surface area contributed by atoms with Gasteiger partial charge in [-0.15, -0.1) is 5.10 Å². The number of benzene rings is 2. The molecule has 2 heterocycles. The molecule has 4 rings (SSSR count). The lowest BCUT2D eigenvalue weighted by molar-refractivity contribution is 0.116. The molecule has 0 bridgehead atoms. The molecule has 0 atom stereocenters. The summed E-state index contributed by atoms with van der Waals surface area (Å²) in [6.45, 7) is 9.74. The van der Waals surface area contributed by atoms with Crippen molar-refractivity contribution in [3.05, 3.63) is 54.1 Å². The molecule has 3 aromatic rings. The Balaban J connectivity index is 2.08. The lowest BCUT2D eigenvalue weighted by Gasteiger charge is -2.30. The number of hydroxylamine groups is 1. The SMILES string of the molecule is CCON1Cc2ccccc2-c2nnn(C(C)(C)C)c2-c2ccccc21. The largest absolute Gasteiger partial charge is 0.273 e. The molecule has 5 heteroatoms. The Labute approximate surface area is 154 Å². The molecular weight excluding hydrogens is 324 g/mol. The number of aromatic nitrogens is 3. The fourth-order valence-corrected chi connectivity index (χ4v) is 3.47. The normalized spacial score (nSPS) is 13.5. The summed E-state index contributed by atoms with van der Waals surface area (Å²) in [5.41, 5.74) is 6.19. The van der Waals surface area contributed by atoms with Crippen molar-refractivity contribution in [3.8, 4) is 22.5 Å². The van der Waals surface area contributed by atoms with Crippen LogP contribution in [0.5, 0.6) is 0 Å². The van der Waals surface area contributed by atoms with E-state index in [4.69, 9.17) is 4.84 Å². The van der Waals surface area contributed by atoms with Crippen LogP contribution in [0.15, 0.2) is 48.5 Å². The van der Waals surface area contributed by atoms with Gasteiger partial charge in [0.25, 0.3) is 0 Å². The van der Waals surface area contributed by atoms with E-state index >= 15 is 0 Å². The predicted octanol–water partition coefficient (Wildman–Crippen LogP) is 4.64. The summed E-state index contributed by atoms with van der Waals surface area (Å²) in [6, 6.07) is 16.7. The van der Waals surface area contributed by atoms with Crippen LogP contribution in [-0.4, -0.2) is 21.6 Å². The van der Waals surface area contributed by atoms with Crippen LogP contribution < -0.4 is 5.06 Å². The number of rotatable bonds is 2. The van der Waals surface area contributed by atoms with E-state index in [2.05, 4.69) is 73.5 Å². The van der Waals surface area contributed by atoms with Crippen LogP contribution in [-0.2, 0) is 16.9 Å². The van der Waals surface area contributed by atoms with Gasteiger partial charge in [0.1, 0.15) is 5.69 Å². The highest BCUT2D eigenvalue weighted by Crippen LogP contribution is 2.42. The van der Waals surface area contributed by atoms with Gasteiger partial charge in [-0.25, -0.2) is 9.75 Å². The van der Waals surface area contributed by atoms with Crippen molar-refractivity contribution in [1.29, 1.82) is 0 Å². The summed E-state index contributed by atoms with van der Waals surface area (Å²) in [5, 5.41) is 11.1. The van der Waals surface area contributed by atoms with Crippen LogP contribution in [0.2, 0.25) is 0 Å². The van der Waals surface area contributed by atoms with Gasteiger partial charge in [-0.05, 0) is 39.3 Å². The third-order valence-corrected chi connectivity index (χ3v) is 4.60. The third kappa shape index (κ3) is 2.69. The minimum atomic E-state index is -0.182. The minimum absolute atomic E-state index is 0.182. The van der Waals surface area contributed by atoms with Crippen molar-refractivity contribution in [2.24, 2.45) is 0 Å². The average molecular weight is 348 g/mol. The molecule has 0 saturated heterocycles. The maximum absolute atomic E-state index is 6.00. The summed E-state index contributed by atoms with van der Waals surface area (Å²) in [5.74, 6) is 0. The number of nitrogens with zero attached hydrogens (tertiary/aromatic N) is 4. The summed E-state index contributed by atoms with van der Waals surface area (Å²) in [6.07, 6.45) is 0. The molecular formula is C21H24N4O. The number of anilines is 1. The molecule has 26 heavy (non-hydrogen) atoms. The molecule has 1 aliphatic rings. The predicted molar refractivity (Wildman–Crippen MR) is 104 cm³/mol. The van der Waals surface area contributed by atoms with Crippen molar-refractivity contribution in [3.63, 3.8) is 0 Å². The average Bonchev–Trinajstić information content (AvgIpc) is 3.05. The molecule has 0 unspecified atom stereocenters. The van der Waals surface area contributed by atoms with Crippen LogP contribution in [0, 0.1) is 0 Å². The van der Waals surface area contributed by atoms with Crippen LogP contribution in [0.1, 0.15) is 33.3 Å². The Bertz CT molecular complexity index is 939. The van der Waals surface area contributed by atoms with Crippen molar-refractivity contribution in [2.75, 3.05) is 11.7 Å². The van der Waals surface area contributed by atoms with Gasteiger partial charge in [-0.3, -0.25) is 4.84 Å². The van der Waals surface area contributed by atoms with Crippen molar-refractivity contribution in [1.82, 2.24) is 15.0 Å². The van der Waals surface area contributed by atoms with Gasteiger partial charge >= 0.3 is 0 Å². The van der Waals surface area contributed by atoms with E-state index < -0.39 is 0 Å². The molecule has 5 nitrogen and oxygen atoms in total. The zero-order valence-electron chi connectivity index (χ0n) is 15.7. The summed E-state index contributed by atoms with van der Waals surface area (Å²) in [4.78, 5) is 6.00. The Morgan fingerprint density at radius 3 is 2.42 bits per heavy atom. The monoisotopic (exact) mass is 348 g/mol. The van der Waals surface area contributed by atoms with Crippen LogP contribution >= 0.6 is 0 Å². The molecule has 1 aliphatic heterocycles. The van der Waals surface area contributed by atoms with Gasteiger partial charge in [-0.1, -0.05) is 47.7 Å². The number of hydrogen-bond acceptors (Lipinski definition) is 4. The highest BCUT2D eigenvalue weighted by molar-refractivity contribution is 5.87. The molecule has 0 radical (unpaired) electrons. The van der Waals surface area contributed by atoms with Crippen LogP contribution in [0.4, 0.5) is 5.69 Å². The minimum Gasteiger partial charge on any atom is -0.273 e. The van der Waals surface area contributed by atoms with Crippen molar-refractivity contribution in [2.45, 2.75) is 39.8 Å². The number of hydrogen-bond donors (Lipinski definition) is 0. The van der Waals surface area contributed by atoms with Gasteiger partial charge in [-0.2, -0.15) is 0 Å². The summed E-state index contributed by atoms with van der Waals surface area (Å²) >= 11 is 0. The molecule has 0 fully saturated rings. The lowest BCUT2D eigenvalue weighted by atomic mass is 9.95. The number of fused-ring (bicyclic) bond motifs is 5. The Morgan fingerprint density at radius 1 is 1.00 bits per heavy atom. The number of para-hydroxylation sites is 1. The third-order valence-electron chi connectivity index (χ3n) is 4.60. The Hall–Kier alpha value is -2.66. The topological polar surface area (TPSA) is 43.2 Å².